The van der Waals surface area contributed by atoms with Crippen LogP contribution in [0.1, 0.15) is 17.6 Å². The van der Waals surface area contributed by atoms with Gasteiger partial charge in [-0.2, -0.15) is 0 Å². The number of thiophene rings is 1. The molecule has 0 radical (unpaired) electrons. The Bertz CT molecular complexity index is 850. The molecule has 0 saturated heterocycles. The summed E-state index contributed by atoms with van der Waals surface area (Å²) in [6.07, 6.45) is 2.32. The van der Waals surface area contributed by atoms with E-state index in [1.807, 2.05) is 22.9 Å². The number of halogens is 1. The van der Waals surface area contributed by atoms with E-state index in [1.54, 1.807) is 29.7 Å². The lowest BCUT2D eigenvalue weighted by Gasteiger charge is -2.08. The van der Waals surface area contributed by atoms with E-state index >= 15 is 0 Å². The number of nitrogens with zero attached hydrogens (tertiary/aromatic N) is 4. The lowest BCUT2D eigenvalue weighted by atomic mass is 10.3. The van der Waals surface area contributed by atoms with Crippen LogP contribution in [-0.4, -0.2) is 31.4 Å². The molecule has 1 amide bonds. The highest BCUT2D eigenvalue weighted by atomic mass is 35.5. The molecule has 0 aliphatic rings. The number of thioether (sulfide) groups is 1. The highest BCUT2D eigenvalue weighted by Crippen LogP contribution is 2.22. The fraction of sp³-hybridized carbons (Fsp3) is 0.250. The van der Waals surface area contributed by atoms with Gasteiger partial charge in [0.15, 0.2) is 10.3 Å². The number of anilines is 1. The lowest BCUT2D eigenvalue weighted by Crippen LogP contribution is -2.15. The van der Waals surface area contributed by atoms with Crippen LogP contribution in [0.25, 0.3) is 0 Å². The van der Waals surface area contributed by atoms with Gasteiger partial charge in [-0.3, -0.25) is 4.79 Å². The van der Waals surface area contributed by atoms with Gasteiger partial charge in [-0.15, -0.1) is 21.5 Å². The summed E-state index contributed by atoms with van der Waals surface area (Å²) in [5.74, 6) is 0.969. The van der Waals surface area contributed by atoms with Crippen molar-refractivity contribution in [3.63, 3.8) is 0 Å². The first-order valence-corrected chi connectivity index (χ1v) is 9.89. The molecule has 0 aliphatic carbocycles. The largest absolute Gasteiger partial charge is 0.323 e. The number of rotatable bonds is 7. The Balaban J connectivity index is 1.62. The predicted octanol–water partition coefficient (Wildman–Crippen LogP) is 3.73. The minimum absolute atomic E-state index is 0.162. The van der Waals surface area contributed by atoms with Crippen LogP contribution in [0.15, 0.2) is 41.0 Å². The zero-order chi connectivity index (χ0) is 17.6. The van der Waals surface area contributed by atoms with Crippen molar-refractivity contribution in [1.82, 2.24) is 19.7 Å². The van der Waals surface area contributed by atoms with E-state index in [-0.39, 0.29) is 16.8 Å². The van der Waals surface area contributed by atoms with E-state index in [0.29, 0.717) is 5.69 Å². The van der Waals surface area contributed by atoms with Crippen LogP contribution in [0.5, 0.6) is 0 Å². The predicted molar refractivity (Wildman–Crippen MR) is 101 cm³/mol. The van der Waals surface area contributed by atoms with E-state index in [1.165, 1.54) is 16.6 Å². The molecule has 0 spiro atoms. The summed E-state index contributed by atoms with van der Waals surface area (Å²) in [5, 5.41) is 14.3. The molecule has 3 aromatic rings. The quantitative estimate of drug-likeness (QED) is 0.489. The molecule has 0 aromatic carbocycles. The second-order valence-electron chi connectivity index (χ2n) is 5.08. The maximum absolute atomic E-state index is 12.1. The first kappa shape index (κ1) is 17.9. The van der Waals surface area contributed by atoms with E-state index < -0.39 is 0 Å². The second-order valence-corrected chi connectivity index (χ2v) is 7.41. The Labute approximate surface area is 158 Å². The Morgan fingerprint density at radius 2 is 2.24 bits per heavy atom. The standard InChI is InChI=1S/C16H16ClN5OS2/c1-2-22-13(9-11-5-4-8-24-11)20-21-16(22)25-10-14(23)19-12-6-3-7-18-15(12)17/h3-8H,2,9-10H2,1H3,(H,19,23). The molecule has 3 heterocycles. The second kappa shape index (κ2) is 8.46. The molecule has 3 rings (SSSR count). The number of nitrogens with one attached hydrogen (secondary N) is 1. The normalized spacial score (nSPS) is 10.8. The number of carbonyl (C=O) groups excluding carboxylic acids is 1. The van der Waals surface area contributed by atoms with Gasteiger partial charge in [0.1, 0.15) is 5.82 Å². The van der Waals surface area contributed by atoms with E-state index in [9.17, 15) is 4.79 Å². The summed E-state index contributed by atoms with van der Waals surface area (Å²) in [5.41, 5.74) is 0.505. The zero-order valence-electron chi connectivity index (χ0n) is 13.5. The third-order valence-electron chi connectivity index (χ3n) is 3.39. The molecule has 25 heavy (non-hydrogen) atoms. The minimum Gasteiger partial charge on any atom is -0.323 e. The maximum atomic E-state index is 12.1. The first-order chi connectivity index (χ1) is 12.2. The average molecular weight is 394 g/mol. The van der Waals surface area contributed by atoms with E-state index in [0.717, 1.165) is 23.9 Å². The summed E-state index contributed by atoms with van der Waals surface area (Å²) >= 11 is 9.00. The van der Waals surface area contributed by atoms with Crippen LogP contribution in [0.2, 0.25) is 5.15 Å². The molecule has 130 valence electrons. The van der Waals surface area contributed by atoms with Gasteiger partial charge >= 0.3 is 0 Å². The third kappa shape index (κ3) is 4.59. The molecule has 9 heteroatoms. The van der Waals surface area contributed by atoms with Crippen LogP contribution in [0.4, 0.5) is 5.69 Å². The molecule has 0 bridgehead atoms. The van der Waals surface area contributed by atoms with Gasteiger partial charge in [-0.05, 0) is 30.5 Å². The van der Waals surface area contributed by atoms with Crippen LogP contribution in [0, 0.1) is 0 Å². The Kier molecular flexibility index (Phi) is 6.06. The number of pyridine rings is 1. The van der Waals surface area contributed by atoms with Gasteiger partial charge in [0.2, 0.25) is 5.91 Å². The fourth-order valence-electron chi connectivity index (χ4n) is 2.24. The van der Waals surface area contributed by atoms with Gasteiger partial charge in [-0.25, -0.2) is 4.98 Å². The zero-order valence-corrected chi connectivity index (χ0v) is 15.9. The van der Waals surface area contributed by atoms with Crippen molar-refractivity contribution in [3.05, 3.63) is 51.7 Å². The monoisotopic (exact) mass is 393 g/mol. The van der Waals surface area contributed by atoms with Gasteiger partial charge in [0.25, 0.3) is 0 Å². The smallest absolute Gasteiger partial charge is 0.234 e. The summed E-state index contributed by atoms with van der Waals surface area (Å²) in [7, 11) is 0. The minimum atomic E-state index is -0.162. The summed E-state index contributed by atoms with van der Waals surface area (Å²) in [6, 6.07) is 7.54. The van der Waals surface area contributed by atoms with E-state index in [2.05, 4.69) is 26.6 Å². The summed E-state index contributed by atoms with van der Waals surface area (Å²) in [4.78, 5) is 17.3. The van der Waals surface area contributed by atoms with Gasteiger partial charge in [-0.1, -0.05) is 29.4 Å². The molecular weight excluding hydrogens is 378 g/mol. The van der Waals surface area contributed by atoms with Gasteiger partial charge in [0.05, 0.1) is 11.4 Å². The molecule has 0 fully saturated rings. The molecule has 0 atom stereocenters. The SMILES string of the molecule is CCn1c(Cc2cccs2)nnc1SCC(=O)Nc1cccnc1Cl. The fourth-order valence-corrected chi connectivity index (χ4v) is 3.93. The Morgan fingerprint density at radius 1 is 1.36 bits per heavy atom. The van der Waals surface area contributed by atoms with E-state index in [4.69, 9.17) is 11.6 Å². The van der Waals surface area contributed by atoms with Crippen molar-refractivity contribution >= 4 is 46.3 Å². The third-order valence-corrected chi connectivity index (χ3v) is 5.53. The molecule has 3 aromatic heterocycles. The Hall–Kier alpha value is -1.90. The maximum Gasteiger partial charge on any atom is 0.234 e. The Morgan fingerprint density at radius 3 is 2.96 bits per heavy atom. The number of carbonyl (C=O) groups is 1. The molecular formula is C16H16ClN5OS2. The van der Waals surface area contributed by atoms with Crippen molar-refractivity contribution in [2.24, 2.45) is 0 Å². The summed E-state index contributed by atoms with van der Waals surface area (Å²) < 4.78 is 2.04. The van der Waals surface area contributed by atoms with Crippen molar-refractivity contribution in [2.45, 2.75) is 25.0 Å². The molecule has 1 N–H and O–H groups in total. The van der Waals surface area contributed by atoms with Crippen LogP contribution < -0.4 is 5.32 Å². The number of hydrogen-bond donors (Lipinski definition) is 1. The lowest BCUT2D eigenvalue weighted by molar-refractivity contribution is -0.113. The molecule has 6 nitrogen and oxygen atoms in total. The number of amides is 1. The highest BCUT2D eigenvalue weighted by molar-refractivity contribution is 7.99. The summed E-state index contributed by atoms with van der Waals surface area (Å²) in [6.45, 7) is 2.80. The molecule has 0 saturated carbocycles. The van der Waals surface area contributed by atoms with Crippen LogP contribution >= 0.6 is 34.7 Å². The van der Waals surface area contributed by atoms with Crippen LogP contribution in [0.3, 0.4) is 0 Å². The first-order valence-electron chi connectivity index (χ1n) is 7.65. The number of hydrogen-bond acceptors (Lipinski definition) is 6. The van der Waals surface area contributed by atoms with Crippen molar-refractivity contribution in [3.8, 4) is 0 Å². The molecule has 0 unspecified atom stereocenters. The highest BCUT2D eigenvalue weighted by Gasteiger charge is 2.14. The van der Waals surface area contributed by atoms with Crippen LogP contribution in [-0.2, 0) is 17.8 Å². The van der Waals surface area contributed by atoms with Crippen molar-refractivity contribution in [1.29, 1.82) is 0 Å². The van der Waals surface area contributed by atoms with Gasteiger partial charge < -0.3 is 9.88 Å². The average Bonchev–Trinajstić information content (AvgIpc) is 3.25. The van der Waals surface area contributed by atoms with Crippen molar-refractivity contribution < 1.29 is 4.79 Å². The van der Waals surface area contributed by atoms with Crippen molar-refractivity contribution in [2.75, 3.05) is 11.1 Å². The topological polar surface area (TPSA) is 72.7 Å². The van der Waals surface area contributed by atoms with Gasteiger partial charge in [0, 0.05) is 24.0 Å². The number of aromatic nitrogens is 4. The molecule has 0 aliphatic heterocycles.